The Morgan fingerprint density at radius 3 is 1.42 bits per heavy atom. The quantitative estimate of drug-likeness (QED) is 0.0154. The van der Waals surface area contributed by atoms with Crippen molar-refractivity contribution in [2.75, 3.05) is 45.7 Å². The molecule has 11 rings (SSSR count). The summed E-state index contributed by atoms with van der Waals surface area (Å²) in [7, 11) is 4.62. The van der Waals surface area contributed by atoms with Crippen LogP contribution in [0.4, 0.5) is 31.1 Å². The Morgan fingerprint density at radius 2 is 1.00 bits per heavy atom. The van der Waals surface area contributed by atoms with Crippen molar-refractivity contribution >= 4 is 135 Å². The first kappa shape index (κ1) is 103. The summed E-state index contributed by atoms with van der Waals surface area (Å²) in [6.07, 6.45) is 4.89. The van der Waals surface area contributed by atoms with E-state index >= 15 is 0 Å². The Morgan fingerprint density at radius 1 is 0.602 bits per heavy atom. The van der Waals surface area contributed by atoms with E-state index in [4.69, 9.17) is 116 Å². The highest BCUT2D eigenvalue weighted by Gasteiger charge is 2.42. The molecule has 16 nitrogen and oxygen atoms in total. The summed E-state index contributed by atoms with van der Waals surface area (Å²) in [6, 6.07) is 28.2. The molecule has 1 saturated heterocycles. The summed E-state index contributed by atoms with van der Waals surface area (Å²) < 4.78 is 107. The van der Waals surface area contributed by atoms with Crippen LogP contribution in [-0.4, -0.2) is 120 Å². The van der Waals surface area contributed by atoms with Crippen molar-refractivity contribution in [2.45, 2.75) is 171 Å². The fourth-order valence-corrected chi connectivity index (χ4v) is 14.5. The van der Waals surface area contributed by atoms with Crippen molar-refractivity contribution in [1.82, 2.24) is 10.2 Å². The van der Waals surface area contributed by atoms with E-state index in [2.05, 4.69) is 51.6 Å². The largest absolute Gasteiger partial charge is 0.496 e. The molecule has 7 aromatic carbocycles. The van der Waals surface area contributed by atoms with E-state index in [-0.39, 0.29) is 51.4 Å². The Labute approximate surface area is 724 Å². The Hall–Kier alpha value is -7.49. The lowest BCUT2D eigenvalue weighted by atomic mass is 9.72. The zero-order valence-corrected chi connectivity index (χ0v) is 72.9. The average Bonchev–Trinajstić information content (AvgIpc) is 1.23. The highest BCUT2D eigenvalue weighted by molar-refractivity contribution is 6.59. The third-order valence-corrected chi connectivity index (χ3v) is 20.7. The number of carbonyl (C=O) groups is 4. The summed E-state index contributed by atoms with van der Waals surface area (Å²) in [4.78, 5) is 50.3. The molecule has 30 heteroatoms. The maximum absolute atomic E-state index is 13.8. The van der Waals surface area contributed by atoms with Crippen molar-refractivity contribution < 1.29 is 89.5 Å². The predicted octanol–water partition coefficient (Wildman–Crippen LogP) is 21.8. The minimum absolute atomic E-state index is 0. The monoisotopic (exact) mass is 1780 g/mol. The number of amides is 2. The number of cyclic esters (lactones) is 1. The van der Waals surface area contributed by atoms with E-state index in [1.807, 2.05) is 31.2 Å². The number of alkyl halides is 4. The number of aldehydes is 1. The summed E-state index contributed by atoms with van der Waals surface area (Å²) in [6.45, 7) is 20.1. The Balaban J connectivity index is 0.000000318. The number of rotatable bonds is 18. The molecule has 644 valence electrons. The van der Waals surface area contributed by atoms with Gasteiger partial charge in [-0.15, -0.1) is 46.4 Å². The van der Waals surface area contributed by atoms with E-state index in [9.17, 15) is 55.7 Å². The predicted molar refractivity (Wildman–Crippen MR) is 462 cm³/mol. The standard InChI is InChI=1S/C26H28ClF2NO3.C25H28ClF2NO3.C16H19ClO2.C9H11BO4.C9H11F2NO.2CH2Cl2.CH4/c1-15-24(16-9-19(28)12-20(29)10-16)33-25(31)30(15)14-17-13-26(2,3)8-7-21(17)22-11-18(27)5-6-23(22)32-4;1-14(23(30)15-9-17(27)12-18(28)10-15)29-24(31)21-13-25(2,3)8-7-19(21)20-11-16(26)5-6-22(20)32-4;1-16(2)7-6-13(11(9-16)10-18)14-8-12(17)4-5-15(14)19-3;1-6-5-7(9(11)14-2)3-4-8(6)10(12)13;1-5(12)9(13)6-2-7(10)4-8(11)3-6;2*2-1-3;/h5-6,9-12,15,24H,7-8,13-14H2,1-4H3;5-6,9-12,14,23,30H,7-8,13H2,1-4H3,(H,29,31);4-5,8,10H,6-7,9H2,1-3H3;3-5,12-13H,1-2H3;2-5,9,13H,12H2,1H3;2*1H2;1H4/t15-,24-;14-,23-;;;5-,9-;;;/m00..0.../s1. The van der Waals surface area contributed by atoms with Gasteiger partial charge in [0.1, 0.15) is 64.5 Å². The fourth-order valence-electron chi connectivity index (χ4n) is 14.0. The maximum Gasteiger partial charge on any atom is 0.488 e. The number of hydrogen-bond donors (Lipinski definition) is 6. The van der Waals surface area contributed by atoms with Gasteiger partial charge in [0.05, 0.1) is 69.0 Å². The van der Waals surface area contributed by atoms with E-state index in [0.29, 0.717) is 67.9 Å². The van der Waals surface area contributed by atoms with Crippen LogP contribution in [0.3, 0.4) is 0 Å². The topological polar surface area (TPSA) is 237 Å². The molecule has 0 radical (unpaired) electrons. The van der Waals surface area contributed by atoms with Crippen molar-refractivity contribution in [2.24, 2.45) is 22.0 Å². The van der Waals surface area contributed by atoms with Gasteiger partial charge in [0.2, 0.25) is 5.91 Å². The number of aryl methyl sites for hydroxylation is 1. The molecule has 4 aliphatic rings. The molecular weight excluding hydrogens is 1680 g/mol. The smallest absolute Gasteiger partial charge is 0.488 e. The summed E-state index contributed by atoms with van der Waals surface area (Å²) in [5, 5.41) is 42.9. The molecule has 0 unspecified atom stereocenters. The molecule has 7 N–H and O–H groups in total. The van der Waals surface area contributed by atoms with Crippen LogP contribution in [0.15, 0.2) is 144 Å². The third-order valence-electron chi connectivity index (χ3n) is 19.9. The number of carbonyl (C=O) groups excluding carboxylic acids is 4. The molecule has 1 heterocycles. The van der Waals surface area contributed by atoms with Crippen molar-refractivity contribution in [3.05, 3.63) is 239 Å². The number of ether oxygens (including phenoxy) is 5. The maximum atomic E-state index is 13.8. The number of methoxy groups -OCH3 is 4. The first-order valence-corrected chi connectivity index (χ1v) is 40.4. The summed E-state index contributed by atoms with van der Waals surface area (Å²) in [5.41, 5.74) is 15.8. The van der Waals surface area contributed by atoms with Crippen LogP contribution >= 0.6 is 81.2 Å². The van der Waals surface area contributed by atoms with Crippen LogP contribution in [0, 0.1) is 58.1 Å². The lowest BCUT2D eigenvalue weighted by molar-refractivity contribution is -0.119. The number of esters is 1. The highest BCUT2D eigenvalue weighted by atomic mass is 35.5. The van der Waals surface area contributed by atoms with Gasteiger partial charge in [0.15, 0.2) is 0 Å². The van der Waals surface area contributed by atoms with Crippen LogP contribution < -0.4 is 30.7 Å². The van der Waals surface area contributed by atoms with Gasteiger partial charge in [-0.3, -0.25) is 14.5 Å². The van der Waals surface area contributed by atoms with Gasteiger partial charge < -0.3 is 55.0 Å². The van der Waals surface area contributed by atoms with Gasteiger partial charge in [0.25, 0.3) is 0 Å². The van der Waals surface area contributed by atoms with Gasteiger partial charge in [-0.05, 0) is 249 Å². The minimum atomic E-state index is -1.51. The third kappa shape index (κ3) is 30.3. The number of aliphatic hydroxyl groups excluding tert-OH is 2. The molecule has 3 aliphatic carbocycles. The SMILES string of the molecule is C.COC(=O)c1ccc(B(O)O)c(C)c1.COc1ccc(Cl)cc1C1=C(C(=O)N[C@@H](C)[C@H](O)c2cc(F)cc(F)c2)CC(C)(C)CC1.COc1ccc(Cl)cc1C1=C(C=O)CC(C)(C)CC1.COc1ccc(Cl)cc1C1=C(CN2C(=O)O[C@H](c3cc(F)cc(F)c3)[C@@H]2C)CC(C)(C)CC1.C[C@H](N)[C@H](O)c1cc(F)cc(F)c1.ClCCl.ClCCl. The van der Waals surface area contributed by atoms with E-state index < -0.39 is 90.5 Å². The number of aliphatic hydroxyl groups is 2. The van der Waals surface area contributed by atoms with Crippen LogP contribution in [0.1, 0.15) is 195 Å². The van der Waals surface area contributed by atoms with Crippen molar-refractivity contribution in [3.63, 3.8) is 0 Å². The van der Waals surface area contributed by atoms with Crippen LogP contribution in [0.2, 0.25) is 15.1 Å². The molecule has 1 aliphatic heterocycles. The van der Waals surface area contributed by atoms with Gasteiger partial charge in [-0.2, -0.15) is 0 Å². The average molecular weight is 1790 g/mol. The Kier molecular flexibility index (Phi) is 41.5. The van der Waals surface area contributed by atoms with Crippen LogP contribution in [0.25, 0.3) is 16.7 Å². The number of halogens is 13. The lowest BCUT2D eigenvalue weighted by Gasteiger charge is -2.35. The van der Waals surface area contributed by atoms with E-state index in [1.54, 1.807) is 83.4 Å². The molecule has 6 atom stereocenters. The summed E-state index contributed by atoms with van der Waals surface area (Å²) >= 11 is 37.7. The van der Waals surface area contributed by atoms with Crippen LogP contribution in [-0.2, 0) is 19.1 Å². The van der Waals surface area contributed by atoms with E-state index in [0.717, 1.165) is 150 Å². The second kappa shape index (κ2) is 47.6. The molecular formula is C88H105BCl7F6N3O13. The number of benzene rings is 7. The second-order valence-electron chi connectivity index (χ2n) is 30.6. The molecule has 0 spiro atoms. The number of hydrogen-bond acceptors (Lipinski definition) is 14. The number of allylic oxidation sites excluding steroid dienone is 4. The van der Waals surface area contributed by atoms with Crippen molar-refractivity contribution in [3.8, 4) is 17.2 Å². The molecule has 0 aromatic heterocycles. The van der Waals surface area contributed by atoms with E-state index in [1.165, 1.54) is 31.4 Å². The highest BCUT2D eigenvalue weighted by Crippen LogP contribution is 2.49. The molecule has 0 saturated carbocycles. The first-order chi connectivity index (χ1) is 54.9. The molecule has 2 amide bonds. The molecule has 1 fully saturated rings. The normalized spacial score (nSPS) is 17.2. The van der Waals surface area contributed by atoms with Gasteiger partial charge >= 0.3 is 19.2 Å². The van der Waals surface area contributed by atoms with Gasteiger partial charge in [-0.25, -0.2) is 35.9 Å². The minimum Gasteiger partial charge on any atom is -0.496 e. The molecule has 7 aromatic rings. The van der Waals surface area contributed by atoms with Crippen LogP contribution in [0.5, 0.6) is 17.2 Å². The fraction of sp³-hybridized carbons (Fsp3) is 0.409. The number of nitrogens with zero attached hydrogens (tertiary/aromatic N) is 1. The molecule has 118 heavy (non-hydrogen) atoms. The van der Waals surface area contributed by atoms with Gasteiger partial charge in [-0.1, -0.05) is 95.4 Å². The first-order valence-electron chi connectivity index (χ1n) is 37.1. The zero-order valence-electron chi connectivity index (χ0n) is 67.6. The van der Waals surface area contributed by atoms with Gasteiger partial charge in [0, 0.05) is 73.7 Å². The van der Waals surface area contributed by atoms with Crippen molar-refractivity contribution in [1.29, 1.82) is 0 Å². The second-order valence-corrected chi connectivity index (χ2v) is 33.6. The number of nitrogens with two attached hydrogens (primary N) is 1. The number of nitrogens with one attached hydrogen (secondary N) is 1. The molecule has 0 bridgehead atoms. The summed E-state index contributed by atoms with van der Waals surface area (Å²) in [5.74, 6) is -3.03. The lowest BCUT2D eigenvalue weighted by Crippen LogP contribution is -2.39. The Bertz CT molecular complexity index is 4610. The zero-order chi connectivity index (χ0) is 87.7.